The second-order valence-electron chi connectivity index (χ2n) is 6.15. The lowest BCUT2D eigenvalue weighted by Gasteiger charge is -2.32. The normalized spacial score (nSPS) is 16.8. The lowest BCUT2D eigenvalue weighted by Crippen LogP contribution is -2.41. The van der Waals surface area contributed by atoms with Gasteiger partial charge in [-0.05, 0) is 24.6 Å². The van der Waals surface area contributed by atoms with Crippen LogP contribution in [-0.4, -0.2) is 25.6 Å². The number of amides is 1. The summed E-state index contributed by atoms with van der Waals surface area (Å²) in [6.45, 7) is 2.68. The third-order valence-electron chi connectivity index (χ3n) is 4.49. The minimum Gasteiger partial charge on any atom is -0.329 e. The summed E-state index contributed by atoms with van der Waals surface area (Å²) in [4.78, 5) is 14.6. The van der Waals surface area contributed by atoms with Gasteiger partial charge in [0, 0.05) is 6.54 Å². The molecule has 5 nitrogen and oxygen atoms in total. The molecule has 0 spiro atoms. The fourth-order valence-electron chi connectivity index (χ4n) is 3.23. The van der Waals surface area contributed by atoms with Crippen molar-refractivity contribution in [2.24, 2.45) is 0 Å². The zero-order chi connectivity index (χ0) is 17.4. The molecule has 0 bridgehead atoms. The Hall–Kier alpha value is -3.02. The van der Waals surface area contributed by atoms with Crippen LogP contribution in [0.15, 0.2) is 54.6 Å². The Morgan fingerprint density at radius 1 is 1.08 bits per heavy atom. The van der Waals surface area contributed by atoms with Gasteiger partial charge in [0.1, 0.15) is 11.9 Å². The maximum absolute atomic E-state index is 14.1. The second-order valence-corrected chi connectivity index (χ2v) is 6.15. The molecule has 6 heteroatoms. The Labute approximate surface area is 144 Å². The first-order valence-electron chi connectivity index (χ1n) is 8.16. The molecule has 0 unspecified atom stereocenters. The van der Waals surface area contributed by atoms with E-state index in [2.05, 4.69) is 10.2 Å². The Morgan fingerprint density at radius 3 is 2.56 bits per heavy atom. The molecule has 0 fully saturated rings. The van der Waals surface area contributed by atoms with Crippen LogP contribution >= 0.6 is 0 Å². The average Bonchev–Trinajstić information content (AvgIpc) is 3.04. The third kappa shape index (κ3) is 2.69. The van der Waals surface area contributed by atoms with Crippen molar-refractivity contribution < 1.29 is 9.18 Å². The van der Waals surface area contributed by atoms with Crippen LogP contribution < -0.4 is 0 Å². The standard InChI is InChI=1S/C19H17FN4O/c1-13-19(25)23(11-14-7-3-2-4-8-14)12-17-21-22-18(24(13)17)15-9-5-6-10-16(15)20/h2-10,13H,11-12H2,1H3/t13-/m1/s1. The first kappa shape index (κ1) is 15.5. The predicted molar refractivity (Wildman–Crippen MR) is 90.8 cm³/mol. The summed E-state index contributed by atoms with van der Waals surface area (Å²) in [5.41, 5.74) is 1.42. The smallest absolute Gasteiger partial charge is 0.246 e. The molecular formula is C19H17FN4O. The SMILES string of the molecule is C[C@@H]1C(=O)N(Cc2ccccc2)Cc2nnc(-c3ccccc3F)n21. The van der Waals surface area contributed by atoms with Gasteiger partial charge < -0.3 is 4.90 Å². The fraction of sp³-hybridized carbons (Fsp3) is 0.211. The predicted octanol–water partition coefficient (Wildman–Crippen LogP) is 3.19. The zero-order valence-electron chi connectivity index (χ0n) is 13.8. The van der Waals surface area contributed by atoms with E-state index >= 15 is 0 Å². The first-order chi connectivity index (χ1) is 12.1. The summed E-state index contributed by atoms with van der Waals surface area (Å²) in [5, 5.41) is 8.35. The van der Waals surface area contributed by atoms with E-state index in [1.807, 2.05) is 30.3 Å². The summed E-state index contributed by atoms with van der Waals surface area (Å²) in [5.74, 6) is 0.674. The van der Waals surface area contributed by atoms with Gasteiger partial charge in [0.2, 0.25) is 5.91 Å². The fourth-order valence-corrected chi connectivity index (χ4v) is 3.23. The van der Waals surface area contributed by atoms with Gasteiger partial charge in [0.05, 0.1) is 12.1 Å². The summed E-state index contributed by atoms with van der Waals surface area (Å²) < 4.78 is 15.9. The van der Waals surface area contributed by atoms with E-state index in [-0.39, 0.29) is 11.7 Å². The molecule has 0 N–H and O–H groups in total. The molecule has 25 heavy (non-hydrogen) atoms. The van der Waals surface area contributed by atoms with Crippen LogP contribution in [-0.2, 0) is 17.9 Å². The van der Waals surface area contributed by atoms with E-state index in [1.54, 1.807) is 34.6 Å². The molecule has 1 atom stereocenters. The van der Waals surface area contributed by atoms with Gasteiger partial charge in [-0.3, -0.25) is 9.36 Å². The Bertz CT molecular complexity index is 922. The van der Waals surface area contributed by atoms with Crippen LogP contribution in [0.2, 0.25) is 0 Å². The van der Waals surface area contributed by atoms with Crippen LogP contribution in [0.4, 0.5) is 4.39 Å². The molecule has 0 aliphatic carbocycles. The van der Waals surface area contributed by atoms with Crippen molar-refractivity contribution in [1.29, 1.82) is 0 Å². The number of nitrogens with zero attached hydrogens (tertiary/aromatic N) is 4. The monoisotopic (exact) mass is 336 g/mol. The van der Waals surface area contributed by atoms with Gasteiger partial charge in [-0.25, -0.2) is 4.39 Å². The molecule has 0 saturated carbocycles. The number of hydrogen-bond donors (Lipinski definition) is 0. The van der Waals surface area contributed by atoms with E-state index in [1.165, 1.54) is 6.07 Å². The molecular weight excluding hydrogens is 319 g/mol. The van der Waals surface area contributed by atoms with E-state index in [0.717, 1.165) is 5.56 Å². The van der Waals surface area contributed by atoms with Crippen molar-refractivity contribution in [2.75, 3.05) is 0 Å². The molecule has 3 aromatic rings. The Morgan fingerprint density at radius 2 is 1.80 bits per heavy atom. The third-order valence-corrected chi connectivity index (χ3v) is 4.49. The number of benzene rings is 2. The highest BCUT2D eigenvalue weighted by molar-refractivity contribution is 5.82. The highest BCUT2D eigenvalue weighted by Gasteiger charge is 2.33. The quantitative estimate of drug-likeness (QED) is 0.738. The van der Waals surface area contributed by atoms with Gasteiger partial charge in [-0.1, -0.05) is 42.5 Å². The number of carbonyl (C=O) groups is 1. The van der Waals surface area contributed by atoms with Crippen LogP contribution in [0, 0.1) is 5.82 Å². The summed E-state index contributed by atoms with van der Waals surface area (Å²) in [7, 11) is 0. The number of fused-ring (bicyclic) bond motifs is 1. The van der Waals surface area contributed by atoms with Crippen molar-refractivity contribution in [3.63, 3.8) is 0 Å². The molecule has 1 aliphatic rings. The molecule has 1 aliphatic heterocycles. The number of aromatic nitrogens is 3. The maximum Gasteiger partial charge on any atom is 0.246 e. The van der Waals surface area contributed by atoms with Crippen LogP contribution in [0.3, 0.4) is 0 Å². The maximum atomic E-state index is 14.1. The van der Waals surface area contributed by atoms with Crippen molar-refractivity contribution >= 4 is 5.91 Å². The number of carbonyl (C=O) groups excluding carboxylic acids is 1. The van der Waals surface area contributed by atoms with Gasteiger partial charge in [-0.15, -0.1) is 10.2 Å². The molecule has 126 valence electrons. The molecule has 4 rings (SSSR count). The summed E-state index contributed by atoms with van der Waals surface area (Å²) in [6.07, 6.45) is 0. The molecule has 1 aromatic heterocycles. The van der Waals surface area contributed by atoms with Crippen molar-refractivity contribution in [1.82, 2.24) is 19.7 Å². The Balaban J connectivity index is 1.69. The molecule has 2 aromatic carbocycles. The van der Waals surface area contributed by atoms with Crippen molar-refractivity contribution in [3.8, 4) is 11.4 Å². The van der Waals surface area contributed by atoms with Gasteiger partial charge in [0.15, 0.2) is 11.6 Å². The van der Waals surface area contributed by atoms with Gasteiger partial charge in [-0.2, -0.15) is 0 Å². The lowest BCUT2D eigenvalue weighted by molar-refractivity contribution is -0.137. The van der Waals surface area contributed by atoms with Crippen LogP contribution in [0.25, 0.3) is 11.4 Å². The van der Waals surface area contributed by atoms with Gasteiger partial charge in [0.25, 0.3) is 0 Å². The molecule has 0 saturated heterocycles. The lowest BCUT2D eigenvalue weighted by atomic mass is 10.1. The highest BCUT2D eigenvalue weighted by Crippen LogP contribution is 2.30. The van der Waals surface area contributed by atoms with Crippen LogP contribution in [0.5, 0.6) is 0 Å². The van der Waals surface area contributed by atoms with E-state index in [0.29, 0.717) is 30.3 Å². The number of halogens is 1. The average molecular weight is 336 g/mol. The van der Waals surface area contributed by atoms with E-state index < -0.39 is 6.04 Å². The number of hydrogen-bond acceptors (Lipinski definition) is 3. The first-order valence-corrected chi connectivity index (χ1v) is 8.16. The molecule has 2 heterocycles. The van der Waals surface area contributed by atoms with Crippen LogP contribution in [0.1, 0.15) is 24.4 Å². The van der Waals surface area contributed by atoms with E-state index in [4.69, 9.17) is 0 Å². The molecule has 1 amide bonds. The topological polar surface area (TPSA) is 51.0 Å². The summed E-state index contributed by atoms with van der Waals surface area (Å²) in [6, 6.07) is 15.8. The minimum atomic E-state index is -0.475. The Kier molecular flexibility index (Phi) is 3.80. The van der Waals surface area contributed by atoms with Crippen molar-refractivity contribution in [3.05, 3.63) is 71.8 Å². The second kappa shape index (κ2) is 6.12. The van der Waals surface area contributed by atoms with Crippen molar-refractivity contribution in [2.45, 2.75) is 26.1 Å². The van der Waals surface area contributed by atoms with Gasteiger partial charge >= 0.3 is 0 Å². The van der Waals surface area contributed by atoms with E-state index in [9.17, 15) is 9.18 Å². The zero-order valence-corrected chi connectivity index (χ0v) is 13.8. The molecule has 0 radical (unpaired) electrons. The largest absolute Gasteiger partial charge is 0.329 e. The summed E-state index contributed by atoms with van der Waals surface area (Å²) >= 11 is 0. The highest BCUT2D eigenvalue weighted by atomic mass is 19.1. The minimum absolute atomic E-state index is 0.0197. The number of rotatable bonds is 3.